The van der Waals surface area contributed by atoms with Crippen LogP contribution < -0.4 is 0 Å². The number of carbonyl (C=O) groups excluding carboxylic acids is 1. The summed E-state index contributed by atoms with van der Waals surface area (Å²) < 4.78 is 3.84. The van der Waals surface area contributed by atoms with Gasteiger partial charge in [-0.3, -0.25) is 4.79 Å². The molecular weight excluding hydrogens is 348 g/mol. The van der Waals surface area contributed by atoms with Gasteiger partial charge < -0.3 is 9.47 Å². The summed E-state index contributed by atoms with van der Waals surface area (Å²) in [5.41, 5.74) is 5.67. The highest BCUT2D eigenvalue weighted by Gasteiger charge is 2.23. The SMILES string of the molecule is CCCN(CCC)C(=O)c1cc(-c2cccn2C)nn1-c1ccc(C)cc1C. The highest BCUT2D eigenvalue weighted by atomic mass is 16.2. The minimum atomic E-state index is 0.0386. The van der Waals surface area contributed by atoms with Crippen molar-refractivity contribution in [2.24, 2.45) is 7.05 Å². The Hall–Kier alpha value is -2.82. The van der Waals surface area contributed by atoms with Crippen LogP contribution in [0.2, 0.25) is 0 Å². The maximum Gasteiger partial charge on any atom is 0.272 e. The second kappa shape index (κ2) is 8.46. The van der Waals surface area contributed by atoms with Crippen molar-refractivity contribution in [1.29, 1.82) is 0 Å². The number of nitrogens with zero attached hydrogens (tertiary/aromatic N) is 4. The van der Waals surface area contributed by atoms with Crippen molar-refractivity contribution >= 4 is 5.91 Å². The highest BCUT2D eigenvalue weighted by Crippen LogP contribution is 2.25. The molecule has 0 bridgehead atoms. The Morgan fingerprint density at radius 2 is 1.79 bits per heavy atom. The van der Waals surface area contributed by atoms with E-state index in [9.17, 15) is 4.79 Å². The van der Waals surface area contributed by atoms with Crippen LogP contribution in [0.5, 0.6) is 0 Å². The zero-order chi connectivity index (χ0) is 20.3. The van der Waals surface area contributed by atoms with Crippen molar-refractivity contribution in [3.8, 4) is 17.1 Å². The molecular formula is C23H30N4O. The number of amides is 1. The smallest absolute Gasteiger partial charge is 0.272 e. The van der Waals surface area contributed by atoms with Crippen LogP contribution in [0.1, 0.15) is 48.3 Å². The van der Waals surface area contributed by atoms with Crippen molar-refractivity contribution in [1.82, 2.24) is 19.2 Å². The summed E-state index contributed by atoms with van der Waals surface area (Å²) in [6, 6.07) is 12.2. The fraction of sp³-hybridized carbons (Fsp3) is 0.391. The van der Waals surface area contributed by atoms with Crippen molar-refractivity contribution in [2.75, 3.05) is 13.1 Å². The molecule has 2 heterocycles. The minimum absolute atomic E-state index is 0.0386. The monoisotopic (exact) mass is 378 g/mol. The van der Waals surface area contributed by atoms with Crippen molar-refractivity contribution in [3.05, 3.63) is 59.4 Å². The third-order valence-corrected chi connectivity index (χ3v) is 4.99. The largest absolute Gasteiger partial charge is 0.349 e. The van der Waals surface area contributed by atoms with E-state index in [1.807, 2.05) is 51.7 Å². The van der Waals surface area contributed by atoms with Gasteiger partial charge in [-0.15, -0.1) is 0 Å². The zero-order valence-electron chi connectivity index (χ0n) is 17.6. The van der Waals surface area contributed by atoms with E-state index in [0.717, 1.165) is 48.6 Å². The standard InChI is InChI=1S/C23H30N4O/c1-6-12-26(13-7-2)23(28)22-16-19(21-9-8-14-25(21)5)24-27(22)20-11-10-17(3)15-18(20)4/h8-11,14-16H,6-7,12-13H2,1-5H3. The number of hydrogen-bond acceptors (Lipinski definition) is 2. The average Bonchev–Trinajstić information content (AvgIpc) is 3.27. The summed E-state index contributed by atoms with van der Waals surface area (Å²) >= 11 is 0. The summed E-state index contributed by atoms with van der Waals surface area (Å²) in [6.07, 6.45) is 3.87. The molecule has 5 nitrogen and oxygen atoms in total. The first-order valence-corrected chi connectivity index (χ1v) is 10.0. The molecule has 0 atom stereocenters. The number of rotatable bonds is 7. The molecule has 0 aliphatic rings. The van der Waals surface area contributed by atoms with Gasteiger partial charge in [0, 0.05) is 26.3 Å². The Kier molecular flexibility index (Phi) is 6.02. The van der Waals surface area contributed by atoms with Gasteiger partial charge in [0.25, 0.3) is 5.91 Å². The molecule has 0 fully saturated rings. The molecule has 0 aliphatic carbocycles. The molecule has 1 amide bonds. The van der Waals surface area contributed by atoms with Crippen LogP contribution in [-0.2, 0) is 7.05 Å². The van der Waals surface area contributed by atoms with Crippen LogP contribution in [0.3, 0.4) is 0 Å². The van der Waals surface area contributed by atoms with E-state index < -0.39 is 0 Å². The molecule has 1 aromatic carbocycles. The molecule has 2 aromatic heterocycles. The lowest BCUT2D eigenvalue weighted by molar-refractivity contribution is 0.0746. The summed E-state index contributed by atoms with van der Waals surface area (Å²) in [6.45, 7) is 9.86. The van der Waals surface area contributed by atoms with Crippen LogP contribution in [-0.4, -0.2) is 38.2 Å². The molecule has 28 heavy (non-hydrogen) atoms. The van der Waals surface area contributed by atoms with Crippen LogP contribution in [0.4, 0.5) is 0 Å². The van der Waals surface area contributed by atoms with Gasteiger partial charge in [0.15, 0.2) is 0 Å². The zero-order valence-corrected chi connectivity index (χ0v) is 17.6. The molecule has 148 valence electrons. The molecule has 0 saturated heterocycles. The predicted molar refractivity (Wildman–Crippen MR) is 114 cm³/mol. The van der Waals surface area contributed by atoms with Crippen molar-refractivity contribution in [2.45, 2.75) is 40.5 Å². The molecule has 0 spiro atoms. The number of carbonyl (C=O) groups is 1. The topological polar surface area (TPSA) is 43.1 Å². The second-order valence-corrected chi connectivity index (χ2v) is 7.41. The Bertz CT molecular complexity index is 961. The summed E-state index contributed by atoms with van der Waals surface area (Å²) in [5.74, 6) is 0.0386. The van der Waals surface area contributed by atoms with E-state index in [1.54, 1.807) is 0 Å². The lowest BCUT2D eigenvalue weighted by Crippen LogP contribution is -2.34. The fourth-order valence-corrected chi connectivity index (χ4v) is 3.63. The molecule has 0 aliphatic heterocycles. The Morgan fingerprint density at radius 3 is 2.36 bits per heavy atom. The van der Waals surface area contributed by atoms with Crippen LogP contribution in [0.25, 0.3) is 17.1 Å². The molecule has 0 N–H and O–H groups in total. The van der Waals surface area contributed by atoms with E-state index in [0.29, 0.717) is 5.69 Å². The van der Waals surface area contributed by atoms with E-state index in [2.05, 4.69) is 39.8 Å². The second-order valence-electron chi connectivity index (χ2n) is 7.41. The van der Waals surface area contributed by atoms with E-state index >= 15 is 0 Å². The number of aromatic nitrogens is 3. The van der Waals surface area contributed by atoms with Crippen molar-refractivity contribution in [3.63, 3.8) is 0 Å². The highest BCUT2D eigenvalue weighted by molar-refractivity contribution is 5.94. The van der Waals surface area contributed by atoms with Gasteiger partial charge in [0.05, 0.1) is 11.4 Å². The Labute approximate surface area is 167 Å². The lowest BCUT2D eigenvalue weighted by atomic mass is 10.1. The summed E-state index contributed by atoms with van der Waals surface area (Å²) in [4.78, 5) is 15.4. The third kappa shape index (κ3) is 3.88. The maximum absolute atomic E-state index is 13.4. The van der Waals surface area contributed by atoms with Gasteiger partial charge >= 0.3 is 0 Å². The summed E-state index contributed by atoms with van der Waals surface area (Å²) in [7, 11) is 1.99. The Morgan fingerprint density at radius 1 is 1.07 bits per heavy atom. The van der Waals surface area contributed by atoms with Crippen LogP contribution >= 0.6 is 0 Å². The van der Waals surface area contributed by atoms with Gasteiger partial charge in [0.1, 0.15) is 11.4 Å². The first kappa shape index (κ1) is 19.9. The predicted octanol–water partition coefficient (Wildman–Crippen LogP) is 4.76. The van der Waals surface area contributed by atoms with Crippen LogP contribution in [0, 0.1) is 13.8 Å². The van der Waals surface area contributed by atoms with Gasteiger partial charge in [-0.2, -0.15) is 5.10 Å². The first-order valence-electron chi connectivity index (χ1n) is 10.0. The molecule has 3 rings (SSSR count). The van der Waals surface area contributed by atoms with E-state index in [4.69, 9.17) is 5.10 Å². The number of hydrogen-bond donors (Lipinski definition) is 0. The van der Waals surface area contributed by atoms with Gasteiger partial charge in [-0.05, 0) is 56.5 Å². The number of aryl methyl sites for hydroxylation is 3. The van der Waals surface area contributed by atoms with E-state index in [-0.39, 0.29) is 5.91 Å². The maximum atomic E-state index is 13.4. The van der Waals surface area contributed by atoms with Crippen LogP contribution in [0.15, 0.2) is 42.6 Å². The molecule has 3 aromatic rings. The van der Waals surface area contributed by atoms with Gasteiger partial charge in [0.2, 0.25) is 0 Å². The average molecular weight is 379 g/mol. The van der Waals surface area contributed by atoms with E-state index in [1.165, 1.54) is 5.56 Å². The van der Waals surface area contributed by atoms with Gasteiger partial charge in [-0.1, -0.05) is 31.5 Å². The minimum Gasteiger partial charge on any atom is -0.349 e. The molecule has 0 unspecified atom stereocenters. The lowest BCUT2D eigenvalue weighted by Gasteiger charge is -2.22. The first-order chi connectivity index (χ1) is 13.5. The summed E-state index contributed by atoms with van der Waals surface area (Å²) in [5, 5.41) is 4.85. The Balaban J connectivity index is 2.15. The van der Waals surface area contributed by atoms with Crippen molar-refractivity contribution < 1.29 is 4.79 Å². The number of benzene rings is 1. The molecule has 0 saturated carbocycles. The normalized spacial score (nSPS) is 11.0. The third-order valence-electron chi connectivity index (χ3n) is 4.99. The fourth-order valence-electron chi connectivity index (χ4n) is 3.63. The molecule has 5 heteroatoms. The quantitative estimate of drug-likeness (QED) is 0.595. The van der Waals surface area contributed by atoms with Gasteiger partial charge in [-0.25, -0.2) is 4.68 Å². The molecule has 0 radical (unpaired) electrons.